The summed E-state index contributed by atoms with van der Waals surface area (Å²) < 4.78 is 5.56. The molecule has 0 bridgehead atoms. The van der Waals surface area contributed by atoms with E-state index in [0.717, 1.165) is 17.9 Å². The Morgan fingerprint density at radius 2 is 2.05 bits per heavy atom. The number of hydrogen-bond acceptors (Lipinski definition) is 4. The lowest BCUT2D eigenvalue weighted by Gasteiger charge is -2.09. The minimum atomic E-state index is 0.452. The molecule has 0 radical (unpaired) electrons. The molecule has 1 aromatic carbocycles. The van der Waals surface area contributed by atoms with Gasteiger partial charge in [-0.1, -0.05) is 30.3 Å². The fraction of sp³-hybridized carbons (Fsp3) is 0.250. The topological polar surface area (TPSA) is 47.0 Å². The average molecular weight is 267 g/mol. The molecule has 1 heterocycles. The molecule has 4 heteroatoms. The summed E-state index contributed by atoms with van der Waals surface area (Å²) in [6, 6.07) is 11.6. The van der Waals surface area contributed by atoms with Crippen LogP contribution in [0.5, 0.6) is 5.88 Å². The van der Waals surface area contributed by atoms with Gasteiger partial charge < -0.3 is 10.1 Å². The van der Waals surface area contributed by atoms with Gasteiger partial charge in [-0.2, -0.15) is 4.98 Å². The molecule has 0 aliphatic heterocycles. The first kappa shape index (κ1) is 13.9. The van der Waals surface area contributed by atoms with Gasteiger partial charge in [-0.05, 0) is 6.92 Å². The van der Waals surface area contributed by atoms with E-state index in [-0.39, 0.29) is 0 Å². The van der Waals surface area contributed by atoms with Gasteiger partial charge in [0, 0.05) is 24.6 Å². The van der Waals surface area contributed by atoms with Crippen LogP contribution in [0.4, 0.5) is 5.82 Å². The normalized spacial score (nSPS) is 9.80. The zero-order valence-electron chi connectivity index (χ0n) is 11.5. The Morgan fingerprint density at radius 1 is 1.25 bits per heavy atom. The number of anilines is 1. The second kappa shape index (κ2) is 7.15. The number of nitrogens with zero attached hydrogens (tertiary/aromatic N) is 2. The first-order valence-electron chi connectivity index (χ1n) is 6.58. The Labute approximate surface area is 119 Å². The van der Waals surface area contributed by atoms with Gasteiger partial charge in [0.2, 0.25) is 5.88 Å². The first-order valence-corrected chi connectivity index (χ1v) is 6.58. The smallest absolute Gasteiger partial charge is 0.219 e. The first-order chi connectivity index (χ1) is 9.83. The van der Waals surface area contributed by atoms with Gasteiger partial charge >= 0.3 is 0 Å². The van der Waals surface area contributed by atoms with Crippen LogP contribution in [-0.2, 0) is 0 Å². The zero-order chi connectivity index (χ0) is 14.2. The van der Waals surface area contributed by atoms with E-state index in [9.17, 15) is 0 Å². The maximum Gasteiger partial charge on any atom is 0.219 e. The van der Waals surface area contributed by atoms with Gasteiger partial charge in [0.15, 0.2) is 5.82 Å². The molecule has 0 aliphatic carbocycles. The highest BCUT2D eigenvalue weighted by atomic mass is 16.5. The molecule has 4 nitrogen and oxygen atoms in total. The van der Waals surface area contributed by atoms with Crippen LogP contribution in [0, 0.1) is 12.3 Å². The maximum absolute atomic E-state index is 5.56. The monoisotopic (exact) mass is 267 g/mol. The number of benzene rings is 1. The lowest BCUT2D eigenvalue weighted by Crippen LogP contribution is -2.05. The van der Waals surface area contributed by atoms with Crippen molar-refractivity contribution in [2.75, 3.05) is 18.5 Å². The minimum Gasteiger partial charge on any atom is -0.477 e. The Hall–Kier alpha value is -2.54. The Bertz CT molecular complexity index is 590. The van der Waals surface area contributed by atoms with E-state index in [4.69, 9.17) is 11.2 Å². The van der Waals surface area contributed by atoms with Crippen LogP contribution >= 0.6 is 0 Å². The molecule has 1 aromatic heterocycles. The predicted octanol–water partition coefficient (Wildman–Crippen LogP) is 2.98. The summed E-state index contributed by atoms with van der Waals surface area (Å²) in [6.45, 7) is 3.26. The van der Waals surface area contributed by atoms with Crippen LogP contribution < -0.4 is 10.1 Å². The van der Waals surface area contributed by atoms with Gasteiger partial charge in [-0.15, -0.1) is 12.3 Å². The molecule has 1 N–H and O–H groups in total. The van der Waals surface area contributed by atoms with Crippen molar-refractivity contribution < 1.29 is 4.74 Å². The number of nitrogens with one attached hydrogen (secondary N) is 1. The predicted molar refractivity (Wildman–Crippen MR) is 80.6 cm³/mol. The maximum atomic E-state index is 5.56. The number of ether oxygens (including phenoxy) is 1. The lowest BCUT2D eigenvalue weighted by atomic mass is 10.2. The molecule has 0 unspecified atom stereocenters. The fourth-order valence-corrected chi connectivity index (χ4v) is 1.70. The molecular formula is C16H17N3O. The largest absolute Gasteiger partial charge is 0.477 e. The van der Waals surface area contributed by atoms with Gasteiger partial charge in [0.1, 0.15) is 12.4 Å². The Balaban J connectivity index is 2.29. The summed E-state index contributed by atoms with van der Waals surface area (Å²) in [7, 11) is 0. The molecule has 0 saturated heterocycles. The van der Waals surface area contributed by atoms with Crippen molar-refractivity contribution in [3.63, 3.8) is 0 Å². The van der Waals surface area contributed by atoms with Crippen molar-refractivity contribution in [3.05, 3.63) is 36.4 Å². The van der Waals surface area contributed by atoms with E-state index in [1.54, 1.807) is 6.07 Å². The Morgan fingerprint density at radius 3 is 2.75 bits per heavy atom. The highest BCUT2D eigenvalue weighted by Crippen LogP contribution is 2.21. The van der Waals surface area contributed by atoms with Crippen molar-refractivity contribution in [1.82, 2.24) is 9.97 Å². The van der Waals surface area contributed by atoms with Crippen molar-refractivity contribution in [3.8, 4) is 29.6 Å². The number of aromatic nitrogens is 2. The molecule has 0 amide bonds. The average Bonchev–Trinajstić information content (AvgIpc) is 2.49. The van der Waals surface area contributed by atoms with Crippen LogP contribution in [0.15, 0.2) is 36.4 Å². The number of terminal acetylenes is 1. The van der Waals surface area contributed by atoms with E-state index >= 15 is 0 Å². The van der Waals surface area contributed by atoms with E-state index in [1.807, 2.05) is 37.3 Å². The molecule has 2 aromatic rings. The number of rotatable bonds is 6. The molecule has 0 atom stereocenters. The van der Waals surface area contributed by atoms with Crippen molar-refractivity contribution >= 4 is 5.82 Å². The van der Waals surface area contributed by atoms with Crippen LogP contribution in [0.2, 0.25) is 0 Å². The van der Waals surface area contributed by atoms with Crippen LogP contribution in [0.1, 0.15) is 13.3 Å². The fourth-order valence-electron chi connectivity index (χ4n) is 1.70. The van der Waals surface area contributed by atoms with Crippen molar-refractivity contribution in [2.45, 2.75) is 13.3 Å². The van der Waals surface area contributed by atoms with Gasteiger partial charge in [0.25, 0.3) is 0 Å². The number of hydrogen-bond donors (Lipinski definition) is 1. The standard InChI is InChI=1S/C16H17N3O/c1-3-5-11-20-15-12-14(17-4-2)18-16(19-15)13-9-7-6-8-10-13/h1,6-10,12H,4-5,11H2,2H3,(H,17,18,19). The molecule has 0 saturated carbocycles. The van der Waals surface area contributed by atoms with E-state index in [1.165, 1.54) is 0 Å². The SMILES string of the molecule is C#CCCOc1cc(NCC)nc(-c2ccccc2)n1. The summed E-state index contributed by atoms with van der Waals surface area (Å²) in [6.07, 6.45) is 5.77. The summed E-state index contributed by atoms with van der Waals surface area (Å²) in [5.74, 6) is 4.46. The molecule has 20 heavy (non-hydrogen) atoms. The molecule has 0 fully saturated rings. The lowest BCUT2D eigenvalue weighted by molar-refractivity contribution is 0.314. The molecule has 0 aliphatic rings. The van der Waals surface area contributed by atoms with Crippen LogP contribution in [0.25, 0.3) is 11.4 Å². The molecule has 0 spiro atoms. The second-order valence-electron chi connectivity index (χ2n) is 4.11. The highest BCUT2D eigenvalue weighted by Gasteiger charge is 2.07. The van der Waals surface area contributed by atoms with Crippen molar-refractivity contribution in [1.29, 1.82) is 0 Å². The minimum absolute atomic E-state index is 0.452. The summed E-state index contributed by atoms with van der Waals surface area (Å²) >= 11 is 0. The Kier molecular flexibility index (Phi) is 4.96. The van der Waals surface area contributed by atoms with E-state index in [0.29, 0.717) is 24.7 Å². The van der Waals surface area contributed by atoms with E-state index < -0.39 is 0 Å². The van der Waals surface area contributed by atoms with Crippen LogP contribution in [0.3, 0.4) is 0 Å². The third-order valence-electron chi connectivity index (χ3n) is 2.59. The van der Waals surface area contributed by atoms with Crippen molar-refractivity contribution in [2.24, 2.45) is 0 Å². The van der Waals surface area contributed by atoms with Gasteiger partial charge in [0.05, 0.1) is 0 Å². The summed E-state index contributed by atoms with van der Waals surface area (Å²) in [4.78, 5) is 8.89. The second-order valence-corrected chi connectivity index (χ2v) is 4.11. The van der Waals surface area contributed by atoms with E-state index in [2.05, 4.69) is 21.2 Å². The third-order valence-corrected chi connectivity index (χ3v) is 2.59. The molecular weight excluding hydrogens is 250 g/mol. The highest BCUT2D eigenvalue weighted by molar-refractivity contribution is 5.58. The van der Waals surface area contributed by atoms with Gasteiger partial charge in [-0.25, -0.2) is 4.98 Å². The quantitative estimate of drug-likeness (QED) is 0.645. The zero-order valence-corrected chi connectivity index (χ0v) is 11.5. The van der Waals surface area contributed by atoms with Crippen LogP contribution in [-0.4, -0.2) is 23.1 Å². The summed E-state index contributed by atoms with van der Waals surface area (Å²) in [5.41, 5.74) is 0.953. The third kappa shape index (κ3) is 3.72. The molecule has 2 rings (SSSR count). The molecule has 102 valence electrons. The summed E-state index contributed by atoms with van der Waals surface area (Å²) in [5, 5.41) is 3.18. The van der Waals surface area contributed by atoms with Gasteiger partial charge in [-0.3, -0.25) is 0 Å².